The lowest BCUT2D eigenvalue weighted by atomic mass is 9.87. The van der Waals surface area contributed by atoms with E-state index in [0.717, 1.165) is 36.6 Å². The first-order valence-corrected chi connectivity index (χ1v) is 6.97. The standard InChI is InChI=1S/C16H27NO3/c1-12(18)9-16(2,3)11-17-10-13-6-14(19-4)8-15(7-13)20-5/h6-8,12,17-18H,9-11H2,1-5H3. The molecule has 0 aromatic heterocycles. The van der Waals surface area contributed by atoms with Gasteiger partial charge in [-0.15, -0.1) is 0 Å². The Bertz CT molecular complexity index is 394. The normalized spacial score (nSPS) is 13.1. The minimum atomic E-state index is -0.274. The van der Waals surface area contributed by atoms with E-state index in [1.165, 1.54) is 0 Å². The highest BCUT2D eigenvalue weighted by Crippen LogP contribution is 2.24. The molecule has 0 aliphatic carbocycles. The van der Waals surface area contributed by atoms with Crippen LogP contribution >= 0.6 is 0 Å². The predicted octanol–water partition coefficient (Wildman–Crippen LogP) is 2.59. The first-order valence-electron chi connectivity index (χ1n) is 6.97. The molecule has 0 aliphatic heterocycles. The molecule has 0 heterocycles. The van der Waals surface area contributed by atoms with Crippen LogP contribution in [0.3, 0.4) is 0 Å². The van der Waals surface area contributed by atoms with Crippen molar-refractivity contribution >= 4 is 0 Å². The molecule has 0 fully saturated rings. The monoisotopic (exact) mass is 281 g/mol. The molecule has 1 unspecified atom stereocenters. The fourth-order valence-electron chi connectivity index (χ4n) is 2.39. The van der Waals surface area contributed by atoms with Gasteiger partial charge in [-0.2, -0.15) is 0 Å². The lowest BCUT2D eigenvalue weighted by Gasteiger charge is -2.26. The first kappa shape index (κ1) is 16.8. The van der Waals surface area contributed by atoms with Crippen LogP contribution in [0.1, 0.15) is 32.8 Å². The maximum Gasteiger partial charge on any atom is 0.122 e. The zero-order chi connectivity index (χ0) is 15.2. The number of aliphatic hydroxyl groups excluding tert-OH is 1. The summed E-state index contributed by atoms with van der Waals surface area (Å²) in [5, 5.41) is 12.9. The van der Waals surface area contributed by atoms with Crippen molar-refractivity contribution in [1.82, 2.24) is 5.32 Å². The second-order valence-electron chi connectivity index (χ2n) is 6.04. The maximum absolute atomic E-state index is 9.48. The Labute approximate surface area is 122 Å². The number of rotatable bonds is 8. The molecule has 20 heavy (non-hydrogen) atoms. The molecule has 0 aliphatic rings. The SMILES string of the molecule is COc1cc(CNCC(C)(C)CC(C)O)cc(OC)c1. The molecule has 0 amide bonds. The number of aliphatic hydroxyl groups is 1. The molecule has 4 nitrogen and oxygen atoms in total. The van der Waals surface area contributed by atoms with Gasteiger partial charge in [0.1, 0.15) is 11.5 Å². The highest BCUT2D eigenvalue weighted by molar-refractivity contribution is 5.38. The summed E-state index contributed by atoms with van der Waals surface area (Å²) in [6.45, 7) is 7.72. The van der Waals surface area contributed by atoms with E-state index in [4.69, 9.17) is 9.47 Å². The van der Waals surface area contributed by atoms with E-state index in [2.05, 4.69) is 19.2 Å². The molecule has 0 saturated carbocycles. The van der Waals surface area contributed by atoms with Crippen LogP contribution in [0.15, 0.2) is 18.2 Å². The molecule has 1 aromatic rings. The van der Waals surface area contributed by atoms with Crippen molar-refractivity contribution in [3.8, 4) is 11.5 Å². The van der Waals surface area contributed by atoms with E-state index < -0.39 is 0 Å². The van der Waals surface area contributed by atoms with Crippen LogP contribution < -0.4 is 14.8 Å². The summed E-state index contributed by atoms with van der Waals surface area (Å²) in [7, 11) is 3.30. The van der Waals surface area contributed by atoms with Gasteiger partial charge in [0.15, 0.2) is 0 Å². The zero-order valence-electron chi connectivity index (χ0n) is 13.2. The highest BCUT2D eigenvalue weighted by atomic mass is 16.5. The second kappa shape index (κ2) is 7.50. The number of hydrogen-bond donors (Lipinski definition) is 2. The van der Waals surface area contributed by atoms with Gasteiger partial charge in [0.2, 0.25) is 0 Å². The van der Waals surface area contributed by atoms with Gasteiger partial charge in [0.25, 0.3) is 0 Å². The summed E-state index contributed by atoms with van der Waals surface area (Å²) in [5.41, 5.74) is 1.19. The predicted molar refractivity (Wildman–Crippen MR) is 81.3 cm³/mol. The van der Waals surface area contributed by atoms with Crippen molar-refractivity contribution in [2.75, 3.05) is 20.8 Å². The van der Waals surface area contributed by atoms with Gasteiger partial charge in [0.05, 0.1) is 20.3 Å². The number of ether oxygens (including phenoxy) is 2. The molecule has 2 N–H and O–H groups in total. The molecule has 1 aromatic carbocycles. The van der Waals surface area contributed by atoms with E-state index in [0.29, 0.717) is 0 Å². The topological polar surface area (TPSA) is 50.7 Å². The lowest BCUT2D eigenvalue weighted by molar-refractivity contribution is 0.128. The minimum absolute atomic E-state index is 0.0666. The summed E-state index contributed by atoms with van der Waals surface area (Å²) in [4.78, 5) is 0. The van der Waals surface area contributed by atoms with Gasteiger partial charge in [-0.25, -0.2) is 0 Å². The molecule has 0 spiro atoms. The van der Waals surface area contributed by atoms with Gasteiger partial charge in [-0.1, -0.05) is 13.8 Å². The average Bonchev–Trinajstić information content (AvgIpc) is 2.36. The summed E-state index contributed by atoms with van der Waals surface area (Å²) in [5.74, 6) is 1.59. The first-order chi connectivity index (χ1) is 9.36. The summed E-state index contributed by atoms with van der Waals surface area (Å²) < 4.78 is 10.5. The maximum atomic E-state index is 9.48. The Balaban J connectivity index is 2.57. The van der Waals surface area contributed by atoms with E-state index in [1.807, 2.05) is 25.1 Å². The van der Waals surface area contributed by atoms with Gasteiger partial charge in [-0.3, -0.25) is 0 Å². The third kappa shape index (κ3) is 5.80. The van der Waals surface area contributed by atoms with Crippen molar-refractivity contribution in [1.29, 1.82) is 0 Å². The molecule has 1 atom stereocenters. The van der Waals surface area contributed by atoms with Crippen molar-refractivity contribution in [3.05, 3.63) is 23.8 Å². The molecule has 114 valence electrons. The Morgan fingerprint density at radius 3 is 2.15 bits per heavy atom. The fraction of sp³-hybridized carbons (Fsp3) is 0.625. The molecule has 1 rings (SSSR count). The molecular weight excluding hydrogens is 254 g/mol. The third-order valence-corrected chi connectivity index (χ3v) is 3.19. The molecule has 0 saturated heterocycles. The van der Waals surface area contributed by atoms with Crippen molar-refractivity contribution in [2.45, 2.75) is 39.8 Å². The Morgan fingerprint density at radius 1 is 1.15 bits per heavy atom. The fourth-order valence-corrected chi connectivity index (χ4v) is 2.39. The number of hydrogen-bond acceptors (Lipinski definition) is 4. The third-order valence-electron chi connectivity index (χ3n) is 3.19. The van der Waals surface area contributed by atoms with Crippen LogP contribution in [0.2, 0.25) is 0 Å². The van der Waals surface area contributed by atoms with Crippen LogP contribution in [0, 0.1) is 5.41 Å². The molecular formula is C16H27NO3. The Morgan fingerprint density at radius 2 is 1.70 bits per heavy atom. The molecule has 0 bridgehead atoms. The summed E-state index contributed by atoms with van der Waals surface area (Å²) in [6.07, 6.45) is 0.505. The Hall–Kier alpha value is -1.26. The van der Waals surface area contributed by atoms with E-state index in [-0.39, 0.29) is 11.5 Å². The second-order valence-corrected chi connectivity index (χ2v) is 6.04. The van der Waals surface area contributed by atoms with Gasteiger partial charge >= 0.3 is 0 Å². The smallest absolute Gasteiger partial charge is 0.122 e. The van der Waals surface area contributed by atoms with Crippen LogP contribution in [0.5, 0.6) is 11.5 Å². The van der Waals surface area contributed by atoms with Gasteiger partial charge in [0, 0.05) is 19.2 Å². The number of nitrogens with one attached hydrogen (secondary N) is 1. The van der Waals surface area contributed by atoms with Crippen molar-refractivity contribution in [3.63, 3.8) is 0 Å². The van der Waals surface area contributed by atoms with E-state index >= 15 is 0 Å². The summed E-state index contributed by atoms with van der Waals surface area (Å²) in [6, 6.07) is 5.86. The zero-order valence-corrected chi connectivity index (χ0v) is 13.2. The van der Waals surface area contributed by atoms with Crippen LogP contribution in [-0.2, 0) is 6.54 Å². The Kier molecular flexibility index (Phi) is 6.30. The lowest BCUT2D eigenvalue weighted by Crippen LogP contribution is -2.31. The van der Waals surface area contributed by atoms with Gasteiger partial charge in [-0.05, 0) is 36.5 Å². The van der Waals surface area contributed by atoms with E-state index in [1.54, 1.807) is 14.2 Å². The minimum Gasteiger partial charge on any atom is -0.497 e. The van der Waals surface area contributed by atoms with E-state index in [9.17, 15) is 5.11 Å². The number of benzene rings is 1. The average molecular weight is 281 g/mol. The molecule has 0 radical (unpaired) electrons. The van der Waals surface area contributed by atoms with Crippen LogP contribution in [0.25, 0.3) is 0 Å². The van der Waals surface area contributed by atoms with Crippen LogP contribution in [0.4, 0.5) is 0 Å². The molecule has 4 heteroatoms. The quantitative estimate of drug-likeness (QED) is 0.769. The van der Waals surface area contributed by atoms with Crippen molar-refractivity contribution in [2.24, 2.45) is 5.41 Å². The van der Waals surface area contributed by atoms with Gasteiger partial charge < -0.3 is 19.9 Å². The highest BCUT2D eigenvalue weighted by Gasteiger charge is 2.19. The number of methoxy groups -OCH3 is 2. The summed E-state index contributed by atoms with van der Waals surface area (Å²) >= 11 is 0. The largest absolute Gasteiger partial charge is 0.497 e. The van der Waals surface area contributed by atoms with Crippen molar-refractivity contribution < 1.29 is 14.6 Å². The van der Waals surface area contributed by atoms with Crippen LogP contribution in [-0.4, -0.2) is 32.0 Å².